The van der Waals surface area contributed by atoms with Gasteiger partial charge in [-0.05, 0) is 24.0 Å². The Kier molecular flexibility index (Phi) is 4.84. The Morgan fingerprint density at radius 2 is 2.15 bits per heavy atom. The van der Waals surface area contributed by atoms with Crippen molar-refractivity contribution in [2.75, 3.05) is 13.1 Å². The van der Waals surface area contributed by atoms with Crippen molar-refractivity contribution in [3.8, 4) is 0 Å². The Hall–Kier alpha value is -1.75. The van der Waals surface area contributed by atoms with Crippen molar-refractivity contribution in [2.24, 2.45) is 5.92 Å². The van der Waals surface area contributed by atoms with E-state index in [1.54, 1.807) is 11.0 Å². The van der Waals surface area contributed by atoms with Crippen LogP contribution in [-0.2, 0) is 11.3 Å². The second-order valence-electron chi connectivity index (χ2n) is 4.95. The van der Waals surface area contributed by atoms with Crippen LogP contribution in [0.2, 0.25) is 5.02 Å². The number of carboxylic acids is 1. The Morgan fingerprint density at radius 1 is 1.40 bits per heavy atom. The second kappa shape index (κ2) is 6.61. The minimum Gasteiger partial charge on any atom is -0.481 e. The van der Waals surface area contributed by atoms with E-state index in [1.165, 1.54) is 0 Å². The molecule has 1 aliphatic rings. The van der Waals surface area contributed by atoms with Crippen LogP contribution in [0.15, 0.2) is 24.3 Å². The maximum Gasteiger partial charge on any atom is 0.317 e. The number of carbonyl (C=O) groups excluding carboxylic acids is 1. The first-order valence-electron chi connectivity index (χ1n) is 6.54. The van der Waals surface area contributed by atoms with Gasteiger partial charge in [0.2, 0.25) is 0 Å². The number of amides is 2. The summed E-state index contributed by atoms with van der Waals surface area (Å²) in [6.07, 6.45) is 0.861. The normalized spacial score (nSPS) is 18.1. The van der Waals surface area contributed by atoms with Gasteiger partial charge in [0.25, 0.3) is 0 Å². The molecule has 0 aromatic heterocycles. The molecule has 1 aromatic rings. The number of likely N-dealkylation sites (tertiary alicyclic amines) is 1. The highest BCUT2D eigenvalue weighted by Gasteiger charge is 2.27. The summed E-state index contributed by atoms with van der Waals surface area (Å²) in [5.74, 6) is -0.758. The van der Waals surface area contributed by atoms with Crippen LogP contribution in [0.3, 0.4) is 0 Å². The van der Waals surface area contributed by atoms with Gasteiger partial charge < -0.3 is 15.3 Å². The quantitative estimate of drug-likeness (QED) is 0.896. The van der Waals surface area contributed by atoms with Crippen LogP contribution in [0, 0.1) is 5.92 Å². The van der Waals surface area contributed by atoms with E-state index in [0.717, 1.165) is 12.0 Å². The van der Waals surface area contributed by atoms with Crippen molar-refractivity contribution in [1.82, 2.24) is 10.2 Å². The molecule has 2 N–H and O–H groups in total. The lowest BCUT2D eigenvalue weighted by Gasteiger charge is -2.17. The number of carboxylic acid groups (broad SMARTS) is 1. The predicted octanol–water partition coefficient (Wildman–Crippen LogP) is 2.35. The molecule has 0 saturated carbocycles. The first-order valence-corrected chi connectivity index (χ1v) is 6.92. The highest BCUT2D eigenvalue weighted by atomic mass is 35.5. The van der Waals surface area contributed by atoms with Crippen LogP contribution < -0.4 is 5.32 Å². The number of aliphatic carboxylic acids is 1. The molecule has 1 heterocycles. The van der Waals surface area contributed by atoms with E-state index in [-0.39, 0.29) is 18.4 Å². The van der Waals surface area contributed by atoms with Gasteiger partial charge in [-0.25, -0.2) is 4.79 Å². The van der Waals surface area contributed by atoms with E-state index >= 15 is 0 Å². The van der Waals surface area contributed by atoms with Crippen molar-refractivity contribution >= 4 is 23.6 Å². The number of nitrogens with one attached hydrogen (secondary N) is 1. The molecule has 0 radical (unpaired) electrons. The maximum atomic E-state index is 12.0. The van der Waals surface area contributed by atoms with Gasteiger partial charge in [0.05, 0.1) is 0 Å². The van der Waals surface area contributed by atoms with Gasteiger partial charge >= 0.3 is 12.0 Å². The summed E-state index contributed by atoms with van der Waals surface area (Å²) in [5, 5.41) is 12.2. The third-order valence-corrected chi connectivity index (χ3v) is 3.79. The van der Waals surface area contributed by atoms with E-state index in [9.17, 15) is 9.59 Å². The number of hydrogen-bond donors (Lipinski definition) is 2. The zero-order valence-electron chi connectivity index (χ0n) is 11.0. The van der Waals surface area contributed by atoms with Crippen molar-refractivity contribution < 1.29 is 14.7 Å². The number of hydrogen-bond acceptors (Lipinski definition) is 2. The SMILES string of the molecule is O=C(O)CC1CCN(C(=O)NCc2ccccc2Cl)C1. The zero-order chi connectivity index (χ0) is 14.5. The molecule has 1 aliphatic heterocycles. The van der Waals surface area contributed by atoms with Gasteiger partial charge in [-0.3, -0.25) is 4.79 Å². The molecule has 5 nitrogen and oxygen atoms in total. The minimum absolute atomic E-state index is 0.0542. The molecule has 20 heavy (non-hydrogen) atoms. The molecule has 0 bridgehead atoms. The third kappa shape index (κ3) is 3.87. The highest BCUT2D eigenvalue weighted by Crippen LogP contribution is 2.20. The van der Waals surface area contributed by atoms with Crippen molar-refractivity contribution in [3.63, 3.8) is 0 Å². The topological polar surface area (TPSA) is 69.6 Å². The van der Waals surface area contributed by atoms with Gasteiger partial charge in [0.15, 0.2) is 0 Å². The van der Waals surface area contributed by atoms with Crippen molar-refractivity contribution in [3.05, 3.63) is 34.9 Å². The van der Waals surface area contributed by atoms with Crippen LogP contribution in [0.1, 0.15) is 18.4 Å². The molecule has 1 aromatic carbocycles. The Bertz CT molecular complexity index is 507. The fourth-order valence-corrected chi connectivity index (χ4v) is 2.56. The summed E-state index contributed by atoms with van der Waals surface area (Å²) in [6, 6.07) is 7.18. The summed E-state index contributed by atoms with van der Waals surface area (Å²) in [6.45, 7) is 1.48. The van der Waals surface area contributed by atoms with Crippen LogP contribution in [0.4, 0.5) is 4.79 Å². The molecule has 2 rings (SSSR count). The molecular formula is C14H17ClN2O3. The zero-order valence-corrected chi connectivity index (χ0v) is 11.8. The molecule has 108 valence electrons. The molecule has 1 unspecified atom stereocenters. The number of urea groups is 1. The first kappa shape index (κ1) is 14.7. The summed E-state index contributed by atoms with van der Waals surface area (Å²) in [7, 11) is 0. The fraction of sp³-hybridized carbons (Fsp3) is 0.429. The van der Waals surface area contributed by atoms with E-state index in [1.807, 2.05) is 18.2 Å². The highest BCUT2D eigenvalue weighted by molar-refractivity contribution is 6.31. The maximum absolute atomic E-state index is 12.0. The predicted molar refractivity (Wildman–Crippen MR) is 75.6 cm³/mol. The number of halogens is 1. The van der Waals surface area contributed by atoms with Gasteiger partial charge in [-0.2, -0.15) is 0 Å². The largest absolute Gasteiger partial charge is 0.481 e. The van der Waals surface area contributed by atoms with Crippen LogP contribution in [0.25, 0.3) is 0 Å². The number of rotatable bonds is 4. The van der Waals surface area contributed by atoms with E-state index in [4.69, 9.17) is 16.7 Å². The average Bonchev–Trinajstić information content (AvgIpc) is 2.85. The molecule has 1 atom stereocenters. The molecule has 1 saturated heterocycles. The molecule has 0 aliphatic carbocycles. The van der Waals surface area contributed by atoms with E-state index < -0.39 is 5.97 Å². The van der Waals surface area contributed by atoms with Gasteiger partial charge in [-0.1, -0.05) is 29.8 Å². The van der Waals surface area contributed by atoms with Gasteiger partial charge in [0.1, 0.15) is 0 Å². The monoisotopic (exact) mass is 296 g/mol. The molecule has 2 amide bonds. The summed E-state index contributed by atoms with van der Waals surface area (Å²) in [5.41, 5.74) is 0.865. The Morgan fingerprint density at radius 3 is 2.85 bits per heavy atom. The van der Waals surface area contributed by atoms with Gasteiger partial charge in [0, 0.05) is 31.1 Å². The molecule has 6 heteroatoms. The Labute approximate surface area is 122 Å². The van der Waals surface area contributed by atoms with Gasteiger partial charge in [-0.15, -0.1) is 0 Å². The van der Waals surface area contributed by atoms with Crippen LogP contribution in [-0.4, -0.2) is 35.1 Å². The lowest BCUT2D eigenvalue weighted by molar-refractivity contribution is -0.138. The number of benzene rings is 1. The van der Waals surface area contributed by atoms with Crippen molar-refractivity contribution in [1.29, 1.82) is 0 Å². The van der Waals surface area contributed by atoms with E-state index in [0.29, 0.717) is 24.7 Å². The molecular weight excluding hydrogens is 280 g/mol. The standard InChI is InChI=1S/C14H17ClN2O3/c15-12-4-2-1-3-11(12)8-16-14(20)17-6-5-10(9-17)7-13(18)19/h1-4,10H,5-9H2,(H,16,20)(H,18,19). The smallest absolute Gasteiger partial charge is 0.317 e. The minimum atomic E-state index is -0.812. The molecule has 1 fully saturated rings. The number of nitrogens with zero attached hydrogens (tertiary/aromatic N) is 1. The molecule has 0 spiro atoms. The van der Waals surface area contributed by atoms with Crippen molar-refractivity contribution in [2.45, 2.75) is 19.4 Å². The summed E-state index contributed by atoms with van der Waals surface area (Å²) >= 11 is 6.02. The lowest BCUT2D eigenvalue weighted by atomic mass is 10.1. The van der Waals surface area contributed by atoms with Crippen LogP contribution in [0.5, 0.6) is 0 Å². The number of carbonyl (C=O) groups is 2. The Balaban J connectivity index is 1.81. The van der Waals surface area contributed by atoms with E-state index in [2.05, 4.69) is 5.32 Å². The summed E-state index contributed by atoms with van der Waals surface area (Å²) < 4.78 is 0. The fourth-order valence-electron chi connectivity index (χ4n) is 2.36. The van der Waals surface area contributed by atoms with Crippen LogP contribution >= 0.6 is 11.6 Å². The summed E-state index contributed by atoms with van der Waals surface area (Å²) in [4.78, 5) is 24.3. The first-order chi connectivity index (χ1) is 9.56. The average molecular weight is 297 g/mol. The second-order valence-corrected chi connectivity index (χ2v) is 5.36. The third-order valence-electron chi connectivity index (χ3n) is 3.42. The lowest BCUT2D eigenvalue weighted by Crippen LogP contribution is -2.38.